The number of rotatable bonds is 3. The van der Waals surface area contributed by atoms with E-state index in [0.717, 1.165) is 8.78 Å². The van der Waals surface area contributed by atoms with Crippen LogP contribution in [0.2, 0.25) is 0 Å². The molecule has 1 amide bonds. The number of nitrogens with zero attached hydrogens (tertiary/aromatic N) is 3. The van der Waals surface area contributed by atoms with Gasteiger partial charge in [0, 0.05) is 10.0 Å². The Morgan fingerprint density at radius 1 is 1.08 bits per heavy atom. The highest BCUT2D eigenvalue weighted by molar-refractivity contribution is 9.10. The summed E-state index contributed by atoms with van der Waals surface area (Å²) in [6.07, 6.45) is 0. The first-order valence-corrected chi connectivity index (χ1v) is 9.44. The van der Waals surface area contributed by atoms with Gasteiger partial charge < -0.3 is 4.42 Å². The predicted molar refractivity (Wildman–Crippen MR) is 90.9 cm³/mol. The fourth-order valence-corrected chi connectivity index (χ4v) is 4.48. The van der Waals surface area contributed by atoms with Crippen molar-refractivity contribution in [2.24, 2.45) is 0 Å². The Kier molecular flexibility index (Phi) is 3.69. The molecule has 0 aliphatic carbocycles. The molecule has 9 heteroatoms. The Labute approximate surface area is 151 Å². The average Bonchev–Trinajstić information content (AvgIpc) is 3.14. The molecular weight excluding hydrogens is 410 g/mol. The monoisotopic (exact) mass is 419 g/mol. The van der Waals surface area contributed by atoms with Crippen LogP contribution in [0, 0.1) is 0 Å². The lowest BCUT2D eigenvalue weighted by Gasteiger charge is -2.11. The summed E-state index contributed by atoms with van der Waals surface area (Å²) in [5, 5.41) is 7.78. The third kappa shape index (κ3) is 2.65. The van der Waals surface area contributed by atoms with Gasteiger partial charge in [-0.05, 0) is 30.3 Å². The van der Waals surface area contributed by atoms with Gasteiger partial charge in [-0.1, -0.05) is 34.1 Å². The van der Waals surface area contributed by atoms with E-state index >= 15 is 0 Å². The minimum Gasteiger partial charge on any atom is -0.419 e. The van der Waals surface area contributed by atoms with Crippen molar-refractivity contribution in [2.75, 3.05) is 0 Å². The van der Waals surface area contributed by atoms with Crippen LogP contribution in [-0.2, 0) is 16.6 Å². The second kappa shape index (κ2) is 5.78. The van der Waals surface area contributed by atoms with E-state index < -0.39 is 15.9 Å². The lowest BCUT2D eigenvalue weighted by Crippen LogP contribution is -2.29. The molecule has 25 heavy (non-hydrogen) atoms. The van der Waals surface area contributed by atoms with Gasteiger partial charge in [0.25, 0.3) is 15.9 Å². The van der Waals surface area contributed by atoms with Crippen molar-refractivity contribution in [1.29, 1.82) is 0 Å². The summed E-state index contributed by atoms with van der Waals surface area (Å²) in [5.41, 5.74) is 0.834. The molecule has 1 aromatic heterocycles. The molecule has 0 fully saturated rings. The average molecular weight is 420 g/mol. The molecule has 3 aromatic rings. The Bertz CT molecular complexity index is 1090. The van der Waals surface area contributed by atoms with Crippen LogP contribution in [0.15, 0.2) is 62.3 Å². The van der Waals surface area contributed by atoms with Crippen molar-refractivity contribution in [2.45, 2.75) is 11.4 Å². The number of aromatic nitrogens is 2. The van der Waals surface area contributed by atoms with E-state index in [4.69, 9.17) is 4.42 Å². The molecular formula is C16H10BrN3O4S. The first-order valence-electron chi connectivity index (χ1n) is 7.21. The van der Waals surface area contributed by atoms with Crippen molar-refractivity contribution in [3.8, 4) is 11.5 Å². The van der Waals surface area contributed by atoms with Crippen LogP contribution in [0.5, 0.6) is 0 Å². The van der Waals surface area contributed by atoms with Gasteiger partial charge in [-0.25, -0.2) is 12.7 Å². The molecule has 1 aliphatic rings. The molecule has 2 aromatic carbocycles. The molecule has 0 unspecified atom stereocenters. The van der Waals surface area contributed by atoms with Crippen molar-refractivity contribution in [3.63, 3.8) is 0 Å². The number of halogens is 1. The van der Waals surface area contributed by atoms with Gasteiger partial charge in [0.1, 0.15) is 11.4 Å². The van der Waals surface area contributed by atoms with Gasteiger partial charge in [-0.2, -0.15) is 0 Å². The summed E-state index contributed by atoms with van der Waals surface area (Å²) in [6.45, 7) is -0.309. The van der Waals surface area contributed by atoms with Crippen LogP contribution in [0.1, 0.15) is 16.2 Å². The van der Waals surface area contributed by atoms with Gasteiger partial charge in [0.05, 0.1) is 5.56 Å². The highest BCUT2D eigenvalue weighted by Gasteiger charge is 2.41. The fourth-order valence-electron chi connectivity index (χ4n) is 2.57. The van der Waals surface area contributed by atoms with Crippen molar-refractivity contribution in [1.82, 2.24) is 14.5 Å². The minimum atomic E-state index is -3.91. The number of hydrogen-bond donors (Lipinski definition) is 0. The lowest BCUT2D eigenvalue weighted by molar-refractivity contribution is 0.0857. The standard InChI is InChI=1S/C16H10BrN3O4S/c17-11-5-3-4-10(8-11)15-19-18-14(24-15)9-20-16(21)12-6-1-2-7-13(12)25(20,22)23/h1-8H,9H2. The van der Waals surface area contributed by atoms with Crippen molar-refractivity contribution >= 4 is 31.9 Å². The first kappa shape index (κ1) is 16.0. The van der Waals surface area contributed by atoms with Crippen LogP contribution >= 0.6 is 15.9 Å². The van der Waals surface area contributed by atoms with Gasteiger partial charge in [-0.15, -0.1) is 10.2 Å². The number of sulfonamides is 1. The second-order valence-corrected chi connectivity index (χ2v) is 8.07. The van der Waals surface area contributed by atoms with E-state index in [-0.39, 0.29) is 28.8 Å². The van der Waals surface area contributed by atoms with E-state index in [1.165, 1.54) is 12.1 Å². The number of hydrogen-bond acceptors (Lipinski definition) is 6. The van der Waals surface area contributed by atoms with Crippen LogP contribution in [-0.4, -0.2) is 28.8 Å². The molecule has 0 saturated heterocycles. The number of benzene rings is 2. The summed E-state index contributed by atoms with van der Waals surface area (Å²) in [6, 6.07) is 13.3. The number of carbonyl (C=O) groups is 1. The second-order valence-electron chi connectivity index (χ2n) is 5.32. The molecule has 0 N–H and O–H groups in total. The topological polar surface area (TPSA) is 93.4 Å². The van der Waals surface area contributed by atoms with Crippen LogP contribution in [0.3, 0.4) is 0 Å². The summed E-state index contributed by atoms with van der Waals surface area (Å²) in [7, 11) is -3.91. The van der Waals surface area contributed by atoms with E-state index in [2.05, 4.69) is 26.1 Å². The Morgan fingerprint density at radius 2 is 1.88 bits per heavy atom. The molecule has 0 spiro atoms. The maximum Gasteiger partial charge on any atom is 0.269 e. The normalized spacial score (nSPS) is 15.4. The Balaban J connectivity index is 1.65. The molecule has 0 bridgehead atoms. The van der Waals surface area contributed by atoms with Crippen LogP contribution in [0.4, 0.5) is 0 Å². The summed E-state index contributed by atoms with van der Waals surface area (Å²) < 4.78 is 32.2. The summed E-state index contributed by atoms with van der Waals surface area (Å²) in [4.78, 5) is 12.4. The maximum absolute atomic E-state index is 12.5. The van der Waals surface area contributed by atoms with Gasteiger partial charge in [-0.3, -0.25) is 4.79 Å². The largest absolute Gasteiger partial charge is 0.419 e. The number of fused-ring (bicyclic) bond motifs is 1. The van der Waals surface area contributed by atoms with E-state index in [1.807, 2.05) is 12.1 Å². The highest BCUT2D eigenvalue weighted by Crippen LogP contribution is 2.31. The van der Waals surface area contributed by atoms with Crippen molar-refractivity contribution in [3.05, 3.63) is 64.5 Å². The molecule has 2 heterocycles. The molecule has 126 valence electrons. The number of carbonyl (C=O) groups excluding carboxylic acids is 1. The predicted octanol–water partition coefficient (Wildman–Crippen LogP) is 2.84. The summed E-state index contributed by atoms with van der Waals surface area (Å²) in [5.74, 6) is -0.310. The molecule has 0 radical (unpaired) electrons. The van der Waals surface area contributed by atoms with Gasteiger partial charge in [0.15, 0.2) is 0 Å². The van der Waals surface area contributed by atoms with Gasteiger partial charge in [0.2, 0.25) is 11.8 Å². The molecule has 0 saturated carbocycles. The molecule has 7 nitrogen and oxygen atoms in total. The van der Waals surface area contributed by atoms with E-state index in [0.29, 0.717) is 5.56 Å². The quantitative estimate of drug-likeness (QED) is 0.647. The Morgan fingerprint density at radius 3 is 2.64 bits per heavy atom. The molecule has 4 rings (SSSR count). The minimum absolute atomic E-state index is 0.00766. The van der Waals surface area contributed by atoms with E-state index in [1.54, 1.807) is 24.3 Å². The van der Waals surface area contributed by atoms with Crippen LogP contribution in [0.25, 0.3) is 11.5 Å². The smallest absolute Gasteiger partial charge is 0.269 e. The summed E-state index contributed by atoms with van der Waals surface area (Å²) >= 11 is 3.35. The zero-order chi connectivity index (χ0) is 17.6. The number of amides is 1. The highest BCUT2D eigenvalue weighted by atomic mass is 79.9. The molecule has 1 aliphatic heterocycles. The first-order chi connectivity index (χ1) is 12.0. The van der Waals surface area contributed by atoms with E-state index in [9.17, 15) is 13.2 Å². The third-order valence-corrected chi connectivity index (χ3v) is 6.01. The van der Waals surface area contributed by atoms with Crippen molar-refractivity contribution < 1.29 is 17.6 Å². The van der Waals surface area contributed by atoms with Gasteiger partial charge >= 0.3 is 0 Å². The third-order valence-electron chi connectivity index (χ3n) is 3.73. The fraction of sp³-hybridized carbons (Fsp3) is 0.0625. The maximum atomic E-state index is 12.5. The van der Waals surface area contributed by atoms with Crippen LogP contribution < -0.4 is 0 Å². The Hall–Kier alpha value is -2.52. The SMILES string of the molecule is O=C1c2ccccc2S(=O)(=O)N1Cc1nnc(-c2cccc(Br)c2)o1. The zero-order valence-electron chi connectivity index (χ0n) is 12.6. The zero-order valence-corrected chi connectivity index (χ0v) is 15.0. The lowest BCUT2D eigenvalue weighted by atomic mass is 10.2. The molecule has 0 atom stereocenters.